The third-order valence-electron chi connectivity index (χ3n) is 6.05. The molecule has 1 N–H and O–H groups in total. The van der Waals surface area contributed by atoms with Crippen molar-refractivity contribution >= 4 is 28.3 Å². The molecule has 5 aromatic rings. The van der Waals surface area contributed by atoms with Crippen LogP contribution in [0.4, 0.5) is 5.69 Å². The molecule has 1 aliphatic rings. The third kappa shape index (κ3) is 2.95. The van der Waals surface area contributed by atoms with E-state index in [1.54, 1.807) is 6.20 Å². The number of hydrogen-bond acceptors (Lipinski definition) is 4. The van der Waals surface area contributed by atoms with Crippen LogP contribution >= 0.6 is 0 Å². The minimum absolute atomic E-state index is 0.111. The van der Waals surface area contributed by atoms with Crippen LogP contribution in [0, 0.1) is 0 Å². The highest BCUT2D eigenvalue weighted by molar-refractivity contribution is 6.04. The molecule has 0 saturated heterocycles. The Balaban J connectivity index is 1.40. The SMILES string of the molecule is O=C(Nc1ccccc1)c1cnc2ncc(C3(c4ccc5ncccc5c4)CC3)n2c1. The number of hydrogen-bond donors (Lipinski definition) is 1. The summed E-state index contributed by atoms with van der Waals surface area (Å²) in [6.45, 7) is 0. The number of para-hydroxylation sites is 1. The fourth-order valence-electron chi connectivity index (χ4n) is 4.26. The Morgan fingerprint density at radius 1 is 0.935 bits per heavy atom. The van der Waals surface area contributed by atoms with Gasteiger partial charge in [-0.1, -0.05) is 30.3 Å². The Bertz CT molecular complexity index is 1440. The molecule has 3 heterocycles. The number of pyridine rings is 1. The molecule has 0 atom stereocenters. The second-order valence-electron chi connectivity index (χ2n) is 7.97. The van der Waals surface area contributed by atoms with Gasteiger partial charge in [-0.3, -0.25) is 14.2 Å². The van der Waals surface area contributed by atoms with Gasteiger partial charge in [0.15, 0.2) is 0 Å². The molecule has 0 bridgehead atoms. The summed E-state index contributed by atoms with van der Waals surface area (Å²) in [6.07, 6.45) is 9.19. The first-order chi connectivity index (χ1) is 15.2. The van der Waals surface area contributed by atoms with E-state index in [0.717, 1.165) is 35.1 Å². The lowest BCUT2D eigenvalue weighted by Crippen LogP contribution is -2.15. The number of rotatable bonds is 4. The van der Waals surface area contributed by atoms with Gasteiger partial charge in [-0.2, -0.15) is 0 Å². The molecule has 0 spiro atoms. The van der Waals surface area contributed by atoms with E-state index in [2.05, 4.69) is 44.5 Å². The van der Waals surface area contributed by atoms with Gasteiger partial charge >= 0.3 is 0 Å². The number of imidazole rings is 1. The van der Waals surface area contributed by atoms with Crippen molar-refractivity contribution in [2.45, 2.75) is 18.3 Å². The van der Waals surface area contributed by atoms with Crippen LogP contribution in [0.2, 0.25) is 0 Å². The van der Waals surface area contributed by atoms with Crippen LogP contribution in [0.25, 0.3) is 16.7 Å². The van der Waals surface area contributed by atoms with E-state index in [9.17, 15) is 4.79 Å². The Hall–Kier alpha value is -4.06. The number of aromatic nitrogens is 4. The number of anilines is 1. The summed E-state index contributed by atoms with van der Waals surface area (Å²) in [4.78, 5) is 26.1. The molecule has 6 rings (SSSR count). The molecule has 0 radical (unpaired) electrons. The first-order valence-corrected chi connectivity index (χ1v) is 10.3. The number of carbonyl (C=O) groups excluding carboxylic acids is 1. The van der Waals surface area contributed by atoms with Crippen LogP contribution in [-0.4, -0.2) is 25.3 Å². The van der Waals surface area contributed by atoms with E-state index in [0.29, 0.717) is 11.3 Å². The molecular weight excluding hydrogens is 386 g/mol. The van der Waals surface area contributed by atoms with Crippen molar-refractivity contribution in [3.05, 3.63) is 102 Å². The Labute approximate surface area is 178 Å². The molecule has 6 nitrogen and oxygen atoms in total. The summed E-state index contributed by atoms with van der Waals surface area (Å²) in [5.41, 5.74) is 4.43. The third-order valence-corrected chi connectivity index (χ3v) is 6.05. The Morgan fingerprint density at radius 3 is 2.61 bits per heavy atom. The Morgan fingerprint density at radius 2 is 1.77 bits per heavy atom. The number of amides is 1. The maximum atomic E-state index is 12.8. The van der Waals surface area contributed by atoms with E-state index < -0.39 is 0 Å². The standard InChI is InChI=1S/C25H19N5O/c31-23(29-20-6-2-1-3-7-20)18-14-27-24-28-15-22(30(24)16-18)25(10-11-25)19-8-9-21-17(13-19)5-4-12-26-21/h1-9,12-16H,10-11H2,(H,29,31). The summed E-state index contributed by atoms with van der Waals surface area (Å²) in [7, 11) is 0. The lowest BCUT2D eigenvalue weighted by molar-refractivity contribution is 0.102. The summed E-state index contributed by atoms with van der Waals surface area (Å²) >= 11 is 0. The molecular formula is C25H19N5O. The highest BCUT2D eigenvalue weighted by Gasteiger charge is 2.48. The molecule has 150 valence electrons. The smallest absolute Gasteiger partial charge is 0.258 e. The van der Waals surface area contributed by atoms with Gasteiger partial charge in [-0.15, -0.1) is 0 Å². The van der Waals surface area contributed by atoms with Gasteiger partial charge in [0.1, 0.15) is 0 Å². The normalized spacial score (nSPS) is 14.6. The van der Waals surface area contributed by atoms with Gasteiger partial charge in [0.05, 0.1) is 23.0 Å². The average molecular weight is 405 g/mol. The van der Waals surface area contributed by atoms with Gasteiger partial charge in [0.25, 0.3) is 5.91 Å². The van der Waals surface area contributed by atoms with E-state index in [4.69, 9.17) is 0 Å². The quantitative estimate of drug-likeness (QED) is 0.474. The largest absolute Gasteiger partial charge is 0.322 e. The number of benzene rings is 2. The summed E-state index contributed by atoms with van der Waals surface area (Å²) < 4.78 is 1.96. The first-order valence-electron chi connectivity index (χ1n) is 10.3. The molecule has 0 unspecified atom stereocenters. The second-order valence-corrected chi connectivity index (χ2v) is 7.97. The minimum atomic E-state index is -0.193. The first kappa shape index (κ1) is 17.8. The van der Waals surface area contributed by atoms with Crippen LogP contribution in [0.15, 0.2) is 85.5 Å². The molecule has 6 heteroatoms. The van der Waals surface area contributed by atoms with E-state index >= 15 is 0 Å². The lowest BCUT2D eigenvalue weighted by Gasteiger charge is -2.16. The minimum Gasteiger partial charge on any atom is -0.322 e. The van der Waals surface area contributed by atoms with Crippen molar-refractivity contribution in [1.82, 2.24) is 19.4 Å². The van der Waals surface area contributed by atoms with Crippen molar-refractivity contribution in [1.29, 1.82) is 0 Å². The number of nitrogens with zero attached hydrogens (tertiary/aromatic N) is 4. The zero-order valence-electron chi connectivity index (χ0n) is 16.7. The summed E-state index contributed by atoms with van der Waals surface area (Å²) in [5.74, 6) is 0.405. The molecule has 31 heavy (non-hydrogen) atoms. The molecule has 2 aromatic carbocycles. The van der Waals surface area contributed by atoms with Gasteiger partial charge in [-0.25, -0.2) is 9.97 Å². The maximum Gasteiger partial charge on any atom is 0.258 e. The fourth-order valence-corrected chi connectivity index (χ4v) is 4.26. The van der Waals surface area contributed by atoms with Crippen LogP contribution in [0.3, 0.4) is 0 Å². The topological polar surface area (TPSA) is 72.2 Å². The fraction of sp³-hybridized carbons (Fsp3) is 0.120. The Kier molecular flexibility index (Phi) is 3.86. The highest BCUT2D eigenvalue weighted by Crippen LogP contribution is 2.53. The van der Waals surface area contributed by atoms with Crippen LogP contribution in [0.5, 0.6) is 0 Å². The second kappa shape index (κ2) is 6.74. The monoisotopic (exact) mass is 405 g/mol. The number of fused-ring (bicyclic) bond motifs is 2. The van der Waals surface area contributed by atoms with E-state index in [-0.39, 0.29) is 11.3 Å². The predicted molar refractivity (Wildman–Crippen MR) is 119 cm³/mol. The maximum absolute atomic E-state index is 12.8. The van der Waals surface area contributed by atoms with Crippen molar-refractivity contribution < 1.29 is 4.79 Å². The van der Waals surface area contributed by atoms with Crippen molar-refractivity contribution in [3.8, 4) is 0 Å². The van der Waals surface area contributed by atoms with Gasteiger partial charge in [-0.05, 0) is 48.7 Å². The zero-order chi connectivity index (χ0) is 20.8. The highest BCUT2D eigenvalue weighted by atomic mass is 16.1. The van der Waals surface area contributed by atoms with Crippen LogP contribution in [0.1, 0.15) is 34.5 Å². The molecule has 1 fully saturated rings. The molecule has 1 amide bonds. The molecule has 3 aromatic heterocycles. The number of carbonyl (C=O) groups is 1. The van der Waals surface area contributed by atoms with Crippen LogP contribution < -0.4 is 5.32 Å². The molecule has 1 saturated carbocycles. The van der Waals surface area contributed by atoms with Gasteiger partial charge in [0, 0.05) is 35.1 Å². The lowest BCUT2D eigenvalue weighted by atomic mass is 9.91. The summed E-state index contributed by atoms with van der Waals surface area (Å²) in [6, 6.07) is 19.9. The average Bonchev–Trinajstić information content (AvgIpc) is 3.51. The van der Waals surface area contributed by atoms with Crippen molar-refractivity contribution in [3.63, 3.8) is 0 Å². The number of nitrogens with one attached hydrogen (secondary N) is 1. The molecule has 0 aliphatic heterocycles. The zero-order valence-corrected chi connectivity index (χ0v) is 16.7. The van der Waals surface area contributed by atoms with Gasteiger partial charge < -0.3 is 5.32 Å². The van der Waals surface area contributed by atoms with E-state index in [1.165, 1.54) is 5.56 Å². The van der Waals surface area contributed by atoms with Crippen molar-refractivity contribution in [2.75, 3.05) is 5.32 Å². The van der Waals surface area contributed by atoms with Crippen molar-refractivity contribution in [2.24, 2.45) is 0 Å². The van der Waals surface area contributed by atoms with Gasteiger partial charge in [0.2, 0.25) is 5.78 Å². The van der Waals surface area contributed by atoms with Crippen LogP contribution in [-0.2, 0) is 5.41 Å². The molecule has 1 aliphatic carbocycles. The summed E-state index contributed by atoms with van der Waals surface area (Å²) in [5, 5.41) is 4.05. The predicted octanol–water partition coefficient (Wildman–Crippen LogP) is 4.61. The van der Waals surface area contributed by atoms with E-state index in [1.807, 2.05) is 59.4 Å².